The second-order valence-electron chi connectivity index (χ2n) is 9.46. The molecule has 0 saturated carbocycles. The molecule has 1 unspecified atom stereocenters. The molecule has 2 aliphatic rings. The number of aromatic amines is 1. The molecule has 4 heterocycles. The fraction of sp³-hybridized carbons (Fsp3) is 0.385. The minimum absolute atomic E-state index is 0.0101. The predicted molar refractivity (Wildman–Crippen MR) is 138 cm³/mol. The van der Waals surface area contributed by atoms with Crippen LogP contribution in [0.5, 0.6) is 0 Å². The highest BCUT2D eigenvalue weighted by Gasteiger charge is 2.29. The second-order valence-corrected chi connectivity index (χ2v) is 9.46. The molecule has 2 aromatic heterocycles. The highest BCUT2D eigenvalue weighted by Crippen LogP contribution is 2.38. The largest absolute Gasteiger partial charge is 0.377 e. The van der Waals surface area contributed by atoms with Gasteiger partial charge in [0.1, 0.15) is 29.1 Å². The molecule has 194 valence electrons. The maximum Gasteiger partial charge on any atom is 0.229 e. The van der Waals surface area contributed by atoms with Crippen molar-refractivity contribution in [2.45, 2.75) is 32.7 Å². The van der Waals surface area contributed by atoms with Crippen molar-refractivity contribution in [2.24, 2.45) is 5.92 Å². The lowest BCUT2D eigenvalue weighted by Gasteiger charge is -2.35. The van der Waals surface area contributed by atoms with E-state index in [4.69, 9.17) is 15.1 Å². The fourth-order valence-electron chi connectivity index (χ4n) is 4.94. The number of H-pyrrole nitrogens is 1. The van der Waals surface area contributed by atoms with Gasteiger partial charge in [-0.2, -0.15) is 5.10 Å². The fourth-order valence-corrected chi connectivity index (χ4v) is 4.94. The van der Waals surface area contributed by atoms with Crippen LogP contribution in [0.3, 0.4) is 0 Å². The van der Waals surface area contributed by atoms with Gasteiger partial charge < -0.3 is 25.3 Å². The summed E-state index contributed by atoms with van der Waals surface area (Å²) in [5.41, 5.74) is 0.309. The number of pyridine rings is 1. The number of hydrogen-bond donors (Lipinski definition) is 3. The molecule has 37 heavy (non-hydrogen) atoms. The Hall–Kier alpha value is -3.86. The highest BCUT2D eigenvalue weighted by atomic mass is 19.1. The first-order chi connectivity index (χ1) is 17.9. The van der Waals surface area contributed by atoms with Crippen molar-refractivity contribution in [3.63, 3.8) is 0 Å². The van der Waals surface area contributed by atoms with E-state index in [1.165, 1.54) is 17.0 Å². The van der Waals surface area contributed by atoms with Crippen LogP contribution in [0, 0.1) is 23.0 Å². The molecular weight excluding hydrogens is 480 g/mol. The summed E-state index contributed by atoms with van der Waals surface area (Å²) in [5, 5.41) is 17.9. The number of aromatic nitrogens is 3. The van der Waals surface area contributed by atoms with Crippen molar-refractivity contribution in [2.75, 3.05) is 41.4 Å². The molecule has 0 aliphatic carbocycles. The molecule has 3 N–H and O–H groups in total. The normalized spacial score (nSPS) is 20.3. The summed E-state index contributed by atoms with van der Waals surface area (Å²) in [6, 6.07) is 5.67. The molecule has 0 spiro atoms. The van der Waals surface area contributed by atoms with E-state index in [0.29, 0.717) is 37.9 Å². The van der Waals surface area contributed by atoms with Crippen molar-refractivity contribution in [1.29, 1.82) is 5.41 Å². The molecule has 2 atom stereocenters. The standard InChI is InChI=1S/C26H29F2N7O2/c1-15-4-3-7-35(26(15)36)17-10-20(27)24(21(28)11-17)18-12-23(34-8-9-37-14-16(34)2)32-25(19(18)13-29)31-22-5-6-30-33-22/h5-6,10-13,15-16,29H,3-4,7-9,14H2,1-2H3,(H2,30,31,32,33)/t15?,16-/m1/s1. The maximum atomic E-state index is 15.7. The van der Waals surface area contributed by atoms with E-state index in [1.54, 1.807) is 18.3 Å². The van der Waals surface area contributed by atoms with Gasteiger partial charge in [0, 0.05) is 48.1 Å². The van der Waals surface area contributed by atoms with Crippen LogP contribution < -0.4 is 15.1 Å². The van der Waals surface area contributed by atoms with Crippen molar-refractivity contribution in [3.05, 3.63) is 47.7 Å². The van der Waals surface area contributed by atoms with Gasteiger partial charge in [-0.05, 0) is 38.0 Å². The molecule has 2 aliphatic heterocycles. The number of nitrogens with one attached hydrogen (secondary N) is 3. The number of carbonyl (C=O) groups is 1. The smallest absolute Gasteiger partial charge is 0.229 e. The average Bonchev–Trinajstić information content (AvgIpc) is 3.38. The first kappa shape index (κ1) is 24.8. The third-order valence-electron chi connectivity index (χ3n) is 6.92. The molecule has 1 amide bonds. The van der Waals surface area contributed by atoms with Crippen LogP contribution in [0.1, 0.15) is 32.3 Å². The Morgan fingerprint density at radius 3 is 2.68 bits per heavy atom. The molecule has 2 fully saturated rings. The maximum absolute atomic E-state index is 15.7. The van der Waals surface area contributed by atoms with Crippen LogP contribution in [-0.4, -0.2) is 59.6 Å². The number of halogens is 2. The third-order valence-corrected chi connectivity index (χ3v) is 6.92. The summed E-state index contributed by atoms with van der Waals surface area (Å²) < 4.78 is 37.0. The predicted octanol–water partition coefficient (Wildman–Crippen LogP) is 4.48. The lowest BCUT2D eigenvalue weighted by Crippen LogP contribution is -2.44. The Morgan fingerprint density at radius 2 is 2.00 bits per heavy atom. The number of carbonyl (C=O) groups excluding carboxylic acids is 1. The topological polar surface area (TPSA) is 110 Å². The summed E-state index contributed by atoms with van der Waals surface area (Å²) in [7, 11) is 0. The molecule has 0 radical (unpaired) electrons. The van der Waals surface area contributed by atoms with Crippen LogP contribution in [0.15, 0.2) is 30.5 Å². The number of rotatable bonds is 6. The third kappa shape index (κ3) is 4.78. The van der Waals surface area contributed by atoms with E-state index in [-0.39, 0.29) is 46.1 Å². The van der Waals surface area contributed by atoms with Crippen LogP contribution in [0.25, 0.3) is 11.1 Å². The van der Waals surface area contributed by atoms with Gasteiger partial charge in [0.05, 0.1) is 31.0 Å². The molecular formula is C26H29F2N7O2. The Kier molecular flexibility index (Phi) is 6.88. The van der Waals surface area contributed by atoms with Gasteiger partial charge in [0.15, 0.2) is 0 Å². The summed E-state index contributed by atoms with van der Waals surface area (Å²) in [6.45, 7) is 5.77. The minimum Gasteiger partial charge on any atom is -0.377 e. The summed E-state index contributed by atoms with van der Waals surface area (Å²) >= 11 is 0. The number of anilines is 4. The van der Waals surface area contributed by atoms with Gasteiger partial charge in [0.25, 0.3) is 0 Å². The second kappa shape index (κ2) is 10.3. The Balaban J connectivity index is 1.64. The Morgan fingerprint density at radius 1 is 1.22 bits per heavy atom. The number of benzene rings is 1. The molecule has 5 rings (SSSR count). The SMILES string of the molecule is CC1CCCN(c2cc(F)c(-c3cc(N4CCOC[C@H]4C)nc(Nc4ccn[nH]4)c3C=N)c(F)c2)C1=O. The Bertz CT molecular complexity index is 1290. The lowest BCUT2D eigenvalue weighted by molar-refractivity contribution is -0.123. The van der Waals surface area contributed by atoms with E-state index in [1.807, 2.05) is 18.7 Å². The monoisotopic (exact) mass is 509 g/mol. The first-order valence-electron chi connectivity index (χ1n) is 12.3. The quantitative estimate of drug-likeness (QED) is 0.423. The number of piperidine rings is 1. The zero-order valence-electron chi connectivity index (χ0n) is 20.7. The van der Waals surface area contributed by atoms with Crippen molar-refractivity contribution < 1.29 is 18.3 Å². The van der Waals surface area contributed by atoms with Crippen molar-refractivity contribution >= 4 is 35.3 Å². The first-order valence-corrected chi connectivity index (χ1v) is 12.3. The van der Waals surface area contributed by atoms with Gasteiger partial charge in [-0.25, -0.2) is 13.8 Å². The van der Waals surface area contributed by atoms with E-state index in [2.05, 4.69) is 15.5 Å². The van der Waals surface area contributed by atoms with Crippen LogP contribution in [-0.2, 0) is 9.53 Å². The van der Waals surface area contributed by atoms with E-state index in [9.17, 15) is 4.79 Å². The van der Waals surface area contributed by atoms with Gasteiger partial charge in [-0.1, -0.05) is 6.92 Å². The van der Waals surface area contributed by atoms with Gasteiger partial charge in [0.2, 0.25) is 5.91 Å². The van der Waals surface area contributed by atoms with Crippen molar-refractivity contribution in [3.8, 4) is 11.1 Å². The van der Waals surface area contributed by atoms with Crippen LogP contribution >= 0.6 is 0 Å². The average molecular weight is 510 g/mol. The summed E-state index contributed by atoms with van der Waals surface area (Å²) in [6.07, 6.45) is 4.11. The summed E-state index contributed by atoms with van der Waals surface area (Å²) in [4.78, 5) is 20.8. The van der Waals surface area contributed by atoms with Gasteiger partial charge >= 0.3 is 0 Å². The molecule has 0 bridgehead atoms. The van der Waals surface area contributed by atoms with Gasteiger partial charge in [-0.3, -0.25) is 9.89 Å². The zero-order chi connectivity index (χ0) is 26.1. The van der Waals surface area contributed by atoms with Crippen LogP contribution in [0.4, 0.5) is 31.9 Å². The molecule has 9 nitrogen and oxygen atoms in total. The summed E-state index contributed by atoms with van der Waals surface area (Å²) in [5.74, 6) is -0.694. The zero-order valence-corrected chi connectivity index (χ0v) is 20.7. The van der Waals surface area contributed by atoms with E-state index in [0.717, 1.165) is 19.1 Å². The van der Waals surface area contributed by atoms with Gasteiger partial charge in [-0.15, -0.1) is 0 Å². The minimum atomic E-state index is -0.816. The molecule has 2 saturated heterocycles. The highest BCUT2D eigenvalue weighted by molar-refractivity contribution is 5.98. The molecule has 1 aromatic carbocycles. The van der Waals surface area contributed by atoms with Crippen LogP contribution in [0.2, 0.25) is 0 Å². The molecule has 11 heteroatoms. The molecule has 3 aromatic rings. The lowest BCUT2D eigenvalue weighted by atomic mass is 9.96. The van der Waals surface area contributed by atoms with E-state index < -0.39 is 11.6 Å². The number of amides is 1. The Labute approximate surface area is 213 Å². The van der Waals surface area contributed by atoms with Crippen molar-refractivity contribution in [1.82, 2.24) is 15.2 Å². The number of nitrogens with zero attached hydrogens (tertiary/aromatic N) is 4. The number of morpholine rings is 1. The van der Waals surface area contributed by atoms with E-state index >= 15 is 8.78 Å². The number of ether oxygens (including phenoxy) is 1. The number of hydrogen-bond acceptors (Lipinski definition) is 7.